The van der Waals surface area contributed by atoms with Crippen molar-refractivity contribution in [3.8, 4) is 11.1 Å². The number of aryl methyl sites for hydroxylation is 1. The summed E-state index contributed by atoms with van der Waals surface area (Å²) >= 11 is 1.69. The number of rotatable bonds is 13. The SMILES string of the molecule is CNCc1ccc(Cc2nnc(N[C@H](C)c3cc(N)cc(C(F)(F)F)n3)c3cc(N4CC5CC(C4)O5)cnc23)cc1-c1csc([C@@H](C)Nc2nnc(C)c3ncc(N4CC5CC(C4)O5)cc23)c1. The highest BCUT2D eigenvalue weighted by Crippen LogP contribution is 2.39. The van der Waals surface area contributed by atoms with Crippen LogP contribution in [0.25, 0.3) is 32.9 Å². The lowest BCUT2D eigenvalue weighted by Crippen LogP contribution is -2.57. The van der Waals surface area contributed by atoms with Gasteiger partial charge >= 0.3 is 6.18 Å². The summed E-state index contributed by atoms with van der Waals surface area (Å²) < 4.78 is 53.0. The minimum atomic E-state index is -4.65. The first-order chi connectivity index (χ1) is 32.3. The van der Waals surface area contributed by atoms with Crippen LogP contribution in [-0.2, 0) is 28.6 Å². The summed E-state index contributed by atoms with van der Waals surface area (Å²) in [5, 5.41) is 32.5. The van der Waals surface area contributed by atoms with Gasteiger partial charge in [-0.1, -0.05) is 18.2 Å². The number of benzene rings is 1. The zero-order chi connectivity index (χ0) is 46.1. The second kappa shape index (κ2) is 17.1. The number of piperidine rings is 2. The summed E-state index contributed by atoms with van der Waals surface area (Å²) in [6, 6.07) is 14.4. The highest BCUT2D eigenvalue weighted by atomic mass is 32.1. The van der Waals surface area contributed by atoms with Crippen LogP contribution in [0, 0.1) is 6.92 Å². The number of pyridine rings is 3. The van der Waals surface area contributed by atoms with Crippen molar-refractivity contribution in [1.82, 2.24) is 40.7 Å². The molecule has 6 saturated heterocycles. The number of nitrogens with two attached hydrogens (primary N) is 1. The molecule has 19 heteroatoms. The number of nitrogen functional groups attached to an aromatic ring is 1. The van der Waals surface area contributed by atoms with Gasteiger partial charge in [-0.25, -0.2) is 4.98 Å². The number of alkyl halides is 3. The lowest BCUT2D eigenvalue weighted by Gasteiger charge is -2.47. The van der Waals surface area contributed by atoms with Crippen molar-refractivity contribution < 1.29 is 22.6 Å². The fourth-order valence-corrected chi connectivity index (χ4v) is 10.7. The molecule has 13 rings (SSSR count). The second-order valence-electron chi connectivity index (χ2n) is 18.2. The average molecular weight is 930 g/mol. The zero-order valence-corrected chi connectivity index (χ0v) is 38.2. The van der Waals surface area contributed by atoms with E-state index in [1.54, 1.807) is 18.3 Å². The Morgan fingerprint density at radius 2 is 1.40 bits per heavy atom. The third-order valence-electron chi connectivity index (χ3n) is 13.3. The highest BCUT2D eigenvalue weighted by Gasteiger charge is 2.40. The molecule has 0 saturated carbocycles. The predicted octanol–water partition coefficient (Wildman–Crippen LogP) is 8.01. The first-order valence-electron chi connectivity index (χ1n) is 22.6. The maximum atomic E-state index is 13.7. The highest BCUT2D eigenvalue weighted by molar-refractivity contribution is 7.10. The summed E-state index contributed by atoms with van der Waals surface area (Å²) in [7, 11) is 1.94. The molecule has 346 valence electrons. The Hall–Kier alpha value is -6.28. The molecule has 6 aliphatic heterocycles. The van der Waals surface area contributed by atoms with E-state index in [4.69, 9.17) is 30.3 Å². The van der Waals surface area contributed by atoms with E-state index in [-0.39, 0.29) is 41.8 Å². The molecule has 15 nitrogen and oxygen atoms in total. The molecule has 6 aromatic heterocycles. The quantitative estimate of drug-likeness (QED) is 0.0874. The number of hydrogen-bond acceptors (Lipinski definition) is 16. The van der Waals surface area contributed by atoms with Crippen LogP contribution in [-0.4, -0.2) is 93.0 Å². The van der Waals surface area contributed by atoms with Crippen molar-refractivity contribution in [3.63, 3.8) is 0 Å². The number of morpholine rings is 2. The molecule has 4 bridgehead atoms. The Morgan fingerprint density at radius 1 is 0.791 bits per heavy atom. The Labute approximate surface area is 388 Å². The van der Waals surface area contributed by atoms with E-state index in [0.717, 1.165) is 100 Å². The monoisotopic (exact) mass is 929 g/mol. The summed E-state index contributed by atoms with van der Waals surface area (Å²) in [6.45, 7) is 9.67. The van der Waals surface area contributed by atoms with Crippen LogP contribution in [0.4, 0.5) is 41.9 Å². The molecule has 6 atom stereocenters. The first-order valence-corrected chi connectivity index (χ1v) is 23.5. The number of thiophene rings is 1. The molecule has 1 aromatic carbocycles. The molecule has 0 radical (unpaired) electrons. The van der Waals surface area contributed by atoms with Gasteiger partial charge in [0.1, 0.15) is 5.69 Å². The fourth-order valence-electron chi connectivity index (χ4n) is 9.79. The van der Waals surface area contributed by atoms with Crippen LogP contribution in [0.2, 0.25) is 0 Å². The van der Waals surface area contributed by atoms with Gasteiger partial charge in [-0.3, -0.25) is 9.97 Å². The maximum Gasteiger partial charge on any atom is 0.433 e. The van der Waals surface area contributed by atoms with Crippen molar-refractivity contribution in [1.29, 1.82) is 0 Å². The minimum Gasteiger partial charge on any atom is -0.399 e. The maximum absolute atomic E-state index is 13.7. The third-order valence-corrected chi connectivity index (χ3v) is 14.4. The van der Waals surface area contributed by atoms with Gasteiger partial charge in [0, 0.05) is 73.3 Å². The van der Waals surface area contributed by atoms with Crippen LogP contribution in [0.5, 0.6) is 0 Å². The van der Waals surface area contributed by atoms with E-state index in [1.807, 2.05) is 32.4 Å². The first kappa shape index (κ1) is 43.3. The fraction of sp³-hybridized carbons (Fsp3) is 0.396. The molecule has 4 unspecified atom stereocenters. The number of fused-ring (bicyclic) bond motifs is 6. The Bertz CT molecular complexity index is 2990. The summed E-state index contributed by atoms with van der Waals surface area (Å²) in [5.41, 5.74) is 14.2. The van der Waals surface area contributed by atoms with Crippen molar-refractivity contribution in [3.05, 3.63) is 105 Å². The number of hydrogen-bond donors (Lipinski definition) is 4. The molecule has 6 aliphatic rings. The number of anilines is 5. The topological polar surface area (TPSA) is 177 Å². The van der Waals surface area contributed by atoms with Gasteiger partial charge in [0.2, 0.25) is 0 Å². The van der Waals surface area contributed by atoms with Crippen LogP contribution in [0.1, 0.15) is 77.6 Å². The van der Waals surface area contributed by atoms with E-state index < -0.39 is 17.9 Å². The van der Waals surface area contributed by atoms with E-state index >= 15 is 0 Å². The van der Waals surface area contributed by atoms with E-state index in [2.05, 4.69) is 88.7 Å². The van der Waals surface area contributed by atoms with Gasteiger partial charge in [0.05, 0.1) is 88.4 Å². The summed E-state index contributed by atoms with van der Waals surface area (Å²) in [4.78, 5) is 19.5. The van der Waals surface area contributed by atoms with Crippen molar-refractivity contribution in [2.45, 2.75) is 89.3 Å². The molecule has 0 aliphatic carbocycles. The van der Waals surface area contributed by atoms with Crippen LogP contribution in [0.3, 0.4) is 0 Å². The lowest BCUT2D eigenvalue weighted by molar-refractivity contribution is -0.141. The molecule has 5 N–H and O–H groups in total. The van der Waals surface area contributed by atoms with Crippen molar-refractivity contribution >= 4 is 61.8 Å². The Balaban J connectivity index is 0.878. The number of aromatic nitrogens is 7. The second-order valence-corrected chi connectivity index (χ2v) is 19.2. The Kier molecular flexibility index (Phi) is 11.1. The van der Waals surface area contributed by atoms with Gasteiger partial charge < -0.3 is 41.0 Å². The molecule has 6 fully saturated rings. The predicted molar refractivity (Wildman–Crippen MR) is 253 cm³/mol. The smallest absolute Gasteiger partial charge is 0.399 e. The molecule has 0 spiro atoms. The number of nitrogens with one attached hydrogen (secondary N) is 3. The van der Waals surface area contributed by atoms with E-state index in [1.165, 1.54) is 6.07 Å². The largest absolute Gasteiger partial charge is 0.433 e. The molecule has 67 heavy (non-hydrogen) atoms. The molecular weight excluding hydrogens is 880 g/mol. The normalized spacial score (nSPS) is 20.9. The lowest BCUT2D eigenvalue weighted by atomic mass is 9.96. The van der Waals surface area contributed by atoms with Crippen molar-refractivity contribution in [2.75, 3.05) is 59.4 Å². The zero-order valence-electron chi connectivity index (χ0n) is 37.4. The van der Waals surface area contributed by atoms with Crippen LogP contribution >= 0.6 is 11.3 Å². The number of halogens is 3. The molecule has 12 heterocycles. The average Bonchev–Trinajstić information content (AvgIpc) is 3.81. The van der Waals surface area contributed by atoms with Gasteiger partial charge in [-0.15, -0.1) is 21.5 Å². The molecule has 0 amide bonds. The van der Waals surface area contributed by atoms with Crippen LogP contribution < -0.4 is 31.5 Å². The van der Waals surface area contributed by atoms with Gasteiger partial charge in [-0.05, 0) is 85.8 Å². The van der Waals surface area contributed by atoms with Gasteiger partial charge in [-0.2, -0.15) is 23.4 Å². The standard InChI is InChI=1S/C48H50F3N13O2S/c1-24(40-10-30(52)11-43(58-40)48(49,50)51)56-47-39-13-32(64-21-35-15-36(22-64)66-35)18-55-45(39)41(60-62-47)8-27-5-6-28(16-53-4)37(7-27)29-9-42(67-23-29)25(2)57-46-38-12-31(17-54-44(38)26(3)59-61-46)63-19-33-14-34(20-63)65-33/h5-7,9-13,17-18,23-25,33-36,53H,8,14-16,19-22H2,1-4H3,(H2,52,58)(H,56,62)(H,57,61)/t24-,25-,33?,34?,35?,36?/m1/s1. The van der Waals surface area contributed by atoms with Gasteiger partial charge in [0.15, 0.2) is 11.6 Å². The Morgan fingerprint density at radius 3 is 2.04 bits per heavy atom. The summed E-state index contributed by atoms with van der Waals surface area (Å²) in [6.07, 6.45) is 2.65. The van der Waals surface area contributed by atoms with E-state index in [9.17, 15) is 13.2 Å². The van der Waals surface area contributed by atoms with Crippen molar-refractivity contribution in [2.24, 2.45) is 0 Å². The number of nitrogens with zero attached hydrogens (tertiary/aromatic N) is 9. The summed E-state index contributed by atoms with van der Waals surface area (Å²) in [5.74, 6) is 1.07. The van der Waals surface area contributed by atoms with Gasteiger partial charge in [0.25, 0.3) is 0 Å². The third kappa shape index (κ3) is 8.53. The van der Waals surface area contributed by atoms with Crippen LogP contribution in [0.15, 0.2) is 66.3 Å². The molecular formula is C48H50F3N13O2S. The minimum absolute atomic E-state index is 0.0326. The molecule has 7 aromatic rings. The van der Waals surface area contributed by atoms with E-state index in [0.29, 0.717) is 41.2 Å². The number of ether oxygens (including phenoxy) is 2.